The summed E-state index contributed by atoms with van der Waals surface area (Å²) < 4.78 is 5.13. The van der Waals surface area contributed by atoms with Gasteiger partial charge in [-0.3, -0.25) is 0 Å². The summed E-state index contributed by atoms with van der Waals surface area (Å²) in [6, 6.07) is 12.5. The van der Waals surface area contributed by atoms with Crippen molar-refractivity contribution in [3.05, 3.63) is 59.4 Å². The van der Waals surface area contributed by atoms with Crippen molar-refractivity contribution in [2.24, 2.45) is 0 Å². The van der Waals surface area contributed by atoms with Crippen LogP contribution in [0.4, 0.5) is 5.69 Å². The quantitative estimate of drug-likeness (QED) is 0.768. The molecule has 21 heavy (non-hydrogen) atoms. The highest BCUT2D eigenvalue weighted by Crippen LogP contribution is 2.23. The highest BCUT2D eigenvalue weighted by molar-refractivity contribution is 6.30. The van der Waals surface area contributed by atoms with Crippen LogP contribution in [0, 0.1) is 0 Å². The van der Waals surface area contributed by atoms with Gasteiger partial charge in [0, 0.05) is 28.4 Å². The Bertz CT molecular complexity index is 727. The zero-order chi connectivity index (χ0) is 14.7. The van der Waals surface area contributed by atoms with Crippen LogP contribution in [-0.4, -0.2) is 15.3 Å². The van der Waals surface area contributed by atoms with Crippen LogP contribution in [0.1, 0.15) is 5.56 Å². The summed E-state index contributed by atoms with van der Waals surface area (Å²) in [6.45, 7) is 0.478. The number of aromatic nitrogens is 2. The van der Waals surface area contributed by atoms with Crippen molar-refractivity contribution in [3.8, 4) is 17.2 Å². The van der Waals surface area contributed by atoms with Gasteiger partial charge in [0.25, 0.3) is 0 Å². The van der Waals surface area contributed by atoms with Gasteiger partial charge in [-0.25, -0.2) is 0 Å². The first-order valence-corrected chi connectivity index (χ1v) is 6.68. The molecule has 2 N–H and O–H groups in total. The van der Waals surface area contributed by atoms with E-state index < -0.39 is 0 Å². The molecule has 0 spiro atoms. The van der Waals surface area contributed by atoms with Crippen LogP contribution in [0.5, 0.6) is 5.75 Å². The van der Waals surface area contributed by atoms with E-state index in [4.69, 9.17) is 16.0 Å². The molecule has 0 atom stereocenters. The number of phenols is 1. The van der Waals surface area contributed by atoms with Gasteiger partial charge in [-0.1, -0.05) is 11.6 Å². The molecule has 106 valence electrons. The smallest absolute Gasteiger partial charge is 0.247 e. The Kier molecular flexibility index (Phi) is 3.75. The number of halogens is 1. The number of hydrogen-bond acceptors (Lipinski definition) is 5. The van der Waals surface area contributed by atoms with Crippen LogP contribution in [0.15, 0.2) is 53.3 Å². The average Bonchev–Trinajstić information content (AvgIpc) is 3.03. The average molecular weight is 302 g/mol. The summed E-state index contributed by atoms with van der Waals surface area (Å²) >= 11 is 5.91. The van der Waals surface area contributed by atoms with E-state index in [9.17, 15) is 5.11 Å². The van der Waals surface area contributed by atoms with E-state index in [0.29, 0.717) is 17.5 Å². The third-order valence-electron chi connectivity index (χ3n) is 3.02. The van der Waals surface area contributed by atoms with Gasteiger partial charge in [-0.2, -0.15) is 0 Å². The second-order valence-corrected chi connectivity index (χ2v) is 4.88. The van der Waals surface area contributed by atoms with Crippen molar-refractivity contribution in [2.75, 3.05) is 5.32 Å². The summed E-state index contributed by atoms with van der Waals surface area (Å²) in [5.41, 5.74) is 2.50. The van der Waals surface area contributed by atoms with Crippen molar-refractivity contribution in [2.45, 2.75) is 6.54 Å². The van der Waals surface area contributed by atoms with E-state index in [1.165, 1.54) is 6.39 Å². The summed E-state index contributed by atoms with van der Waals surface area (Å²) in [7, 11) is 0. The first kappa shape index (κ1) is 13.5. The molecule has 0 aliphatic carbocycles. The SMILES string of the molecule is Oc1ccc(Cl)cc1CNc1ccc(-c2nnco2)cc1. The standard InChI is InChI=1S/C15H12ClN3O2/c16-12-3-6-14(20)11(7-12)8-17-13-4-1-10(2-5-13)15-19-18-9-21-15/h1-7,9,17,20H,8H2. The fraction of sp³-hybridized carbons (Fsp3) is 0.0667. The molecule has 0 aliphatic rings. The molecule has 2 aromatic carbocycles. The Hall–Kier alpha value is -2.53. The fourth-order valence-corrected chi connectivity index (χ4v) is 2.12. The third-order valence-corrected chi connectivity index (χ3v) is 3.25. The number of nitrogens with one attached hydrogen (secondary N) is 1. The molecule has 0 saturated heterocycles. The number of aromatic hydroxyl groups is 1. The molecule has 0 radical (unpaired) electrons. The zero-order valence-electron chi connectivity index (χ0n) is 11.0. The van der Waals surface area contributed by atoms with E-state index in [2.05, 4.69) is 15.5 Å². The molecule has 0 fully saturated rings. The van der Waals surface area contributed by atoms with Crippen LogP contribution in [0.2, 0.25) is 5.02 Å². The van der Waals surface area contributed by atoms with Gasteiger partial charge in [0.1, 0.15) is 5.75 Å². The molecule has 1 aromatic heterocycles. The van der Waals surface area contributed by atoms with E-state index in [1.807, 2.05) is 24.3 Å². The summed E-state index contributed by atoms with van der Waals surface area (Å²) in [4.78, 5) is 0. The normalized spacial score (nSPS) is 10.5. The second kappa shape index (κ2) is 5.85. The molecular weight excluding hydrogens is 290 g/mol. The van der Waals surface area contributed by atoms with Gasteiger partial charge in [0.2, 0.25) is 12.3 Å². The summed E-state index contributed by atoms with van der Waals surface area (Å²) in [5, 5.41) is 21.1. The van der Waals surface area contributed by atoms with Crippen molar-refractivity contribution in [1.82, 2.24) is 10.2 Å². The number of anilines is 1. The summed E-state index contributed by atoms with van der Waals surface area (Å²) in [5.74, 6) is 0.698. The maximum Gasteiger partial charge on any atom is 0.247 e. The number of nitrogens with zero attached hydrogens (tertiary/aromatic N) is 2. The monoisotopic (exact) mass is 301 g/mol. The summed E-state index contributed by atoms with van der Waals surface area (Å²) in [6.07, 6.45) is 1.30. The third kappa shape index (κ3) is 3.14. The van der Waals surface area contributed by atoms with Gasteiger partial charge in [-0.05, 0) is 42.5 Å². The number of phenolic OH excluding ortho intramolecular Hbond substituents is 1. The second-order valence-electron chi connectivity index (χ2n) is 4.45. The van der Waals surface area contributed by atoms with Crippen LogP contribution >= 0.6 is 11.6 Å². The Morgan fingerprint density at radius 2 is 1.95 bits per heavy atom. The molecule has 3 aromatic rings. The van der Waals surface area contributed by atoms with E-state index in [0.717, 1.165) is 16.8 Å². The Labute approximate surface area is 126 Å². The van der Waals surface area contributed by atoms with Crippen LogP contribution < -0.4 is 5.32 Å². The maximum absolute atomic E-state index is 9.76. The minimum absolute atomic E-state index is 0.217. The first-order valence-electron chi connectivity index (χ1n) is 6.30. The van der Waals surface area contributed by atoms with E-state index in [-0.39, 0.29) is 5.75 Å². The molecule has 3 rings (SSSR count). The highest BCUT2D eigenvalue weighted by Gasteiger charge is 2.04. The molecule has 0 amide bonds. The molecule has 0 aliphatic heterocycles. The van der Waals surface area contributed by atoms with Gasteiger partial charge in [-0.15, -0.1) is 10.2 Å². The van der Waals surface area contributed by atoms with Gasteiger partial charge >= 0.3 is 0 Å². The van der Waals surface area contributed by atoms with Gasteiger partial charge in [0.15, 0.2) is 0 Å². The van der Waals surface area contributed by atoms with Crippen molar-refractivity contribution >= 4 is 17.3 Å². The number of rotatable bonds is 4. The predicted molar refractivity (Wildman–Crippen MR) is 80.2 cm³/mol. The van der Waals surface area contributed by atoms with Gasteiger partial charge in [0.05, 0.1) is 0 Å². The first-order chi connectivity index (χ1) is 10.2. The Balaban J connectivity index is 1.70. The van der Waals surface area contributed by atoms with Crippen LogP contribution in [-0.2, 0) is 6.54 Å². The van der Waals surface area contributed by atoms with Gasteiger partial charge < -0.3 is 14.8 Å². The lowest BCUT2D eigenvalue weighted by atomic mass is 10.1. The van der Waals surface area contributed by atoms with Crippen molar-refractivity contribution in [3.63, 3.8) is 0 Å². The lowest BCUT2D eigenvalue weighted by molar-refractivity contribution is 0.469. The minimum Gasteiger partial charge on any atom is -0.508 e. The number of benzene rings is 2. The van der Waals surface area contributed by atoms with E-state index >= 15 is 0 Å². The Morgan fingerprint density at radius 1 is 1.14 bits per heavy atom. The topological polar surface area (TPSA) is 71.2 Å². The fourth-order valence-electron chi connectivity index (χ4n) is 1.92. The molecule has 0 unspecified atom stereocenters. The van der Waals surface area contributed by atoms with E-state index in [1.54, 1.807) is 18.2 Å². The predicted octanol–water partition coefficient (Wildman–Crippen LogP) is 3.71. The Morgan fingerprint density at radius 3 is 2.67 bits per heavy atom. The number of hydrogen-bond donors (Lipinski definition) is 2. The minimum atomic E-state index is 0.217. The molecule has 6 heteroatoms. The van der Waals surface area contributed by atoms with Crippen molar-refractivity contribution < 1.29 is 9.52 Å². The molecule has 5 nitrogen and oxygen atoms in total. The highest BCUT2D eigenvalue weighted by atomic mass is 35.5. The molecule has 1 heterocycles. The maximum atomic E-state index is 9.76. The largest absolute Gasteiger partial charge is 0.508 e. The van der Waals surface area contributed by atoms with Crippen LogP contribution in [0.3, 0.4) is 0 Å². The van der Waals surface area contributed by atoms with Crippen LogP contribution in [0.25, 0.3) is 11.5 Å². The van der Waals surface area contributed by atoms with Crippen molar-refractivity contribution in [1.29, 1.82) is 0 Å². The zero-order valence-corrected chi connectivity index (χ0v) is 11.7. The molecular formula is C15H12ClN3O2. The lowest BCUT2D eigenvalue weighted by Gasteiger charge is -2.09. The molecule has 0 bridgehead atoms. The lowest BCUT2D eigenvalue weighted by Crippen LogP contribution is -1.99. The molecule has 0 saturated carbocycles.